The molecule has 0 aliphatic rings. The fourth-order valence-corrected chi connectivity index (χ4v) is 1.30. The number of hydrogen-bond acceptors (Lipinski definition) is 3. The molecule has 0 radical (unpaired) electrons. The van der Waals surface area contributed by atoms with Crippen LogP contribution in [0.1, 0.15) is 24.1 Å². The van der Waals surface area contributed by atoms with E-state index in [1.54, 1.807) is 32.0 Å². The summed E-state index contributed by atoms with van der Waals surface area (Å²) in [6, 6.07) is 4.88. The summed E-state index contributed by atoms with van der Waals surface area (Å²) in [5.74, 6) is 0. The molecule has 0 bridgehead atoms. The minimum Gasteiger partial charge on any atom is -0.324 e. The van der Waals surface area contributed by atoms with Crippen LogP contribution < -0.4 is 5.73 Å². The Hall–Kier alpha value is -1.42. The largest absolute Gasteiger partial charge is 0.324 e. The lowest BCUT2D eigenvalue weighted by Gasteiger charge is -2.07. The second kappa shape index (κ2) is 3.53. The summed E-state index contributed by atoms with van der Waals surface area (Å²) in [7, 11) is 0. The van der Waals surface area contributed by atoms with E-state index in [0.717, 1.165) is 0 Å². The first kappa shape index (κ1) is 9.67. The van der Waals surface area contributed by atoms with Crippen LogP contribution in [0.5, 0.6) is 0 Å². The van der Waals surface area contributed by atoms with E-state index in [-0.39, 0.29) is 16.7 Å². The summed E-state index contributed by atoms with van der Waals surface area (Å²) in [5, 5.41) is 10.7. The number of nitro groups is 1. The van der Waals surface area contributed by atoms with Gasteiger partial charge in [-0.15, -0.1) is 0 Å². The van der Waals surface area contributed by atoms with Gasteiger partial charge in [-0.05, 0) is 13.8 Å². The zero-order chi connectivity index (χ0) is 10.0. The third kappa shape index (κ3) is 1.84. The summed E-state index contributed by atoms with van der Waals surface area (Å²) in [6.45, 7) is 3.45. The van der Waals surface area contributed by atoms with Crippen molar-refractivity contribution in [2.45, 2.75) is 19.9 Å². The van der Waals surface area contributed by atoms with E-state index < -0.39 is 0 Å². The molecule has 0 aromatic heterocycles. The van der Waals surface area contributed by atoms with Gasteiger partial charge in [0.05, 0.1) is 4.92 Å². The van der Waals surface area contributed by atoms with Gasteiger partial charge in [-0.25, -0.2) is 0 Å². The Morgan fingerprint density at radius 2 is 2.15 bits per heavy atom. The highest BCUT2D eigenvalue weighted by Crippen LogP contribution is 2.26. The molecule has 1 rings (SSSR count). The molecular weight excluding hydrogens is 168 g/mol. The van der Waals surface area contributed by atoms with Crippen molar-refractivity contribution in [2.75, 3.05) is 0 Å². The Kier molecular flexibility index (Phi) is 2.63. The summed E-state index contributed by atoms with van der Waals surface area (Å²) in [5.41, 5.74) is 6.99. The number of para-hydroxylation sites is 1. The molecule has 1 aromatic rings. The lowest BCUT2D eigenvalue weighted by molar-refractivity contribution is -0.386. The third-order valence-electron chi connectivity index (χ3n) is 1.94. The van der Waals surface area contributed by atoms with E-state index in [9.17, 15) is 10.1 Å². The van der Waals surface area contributed by atoms with Gasteiger partial charge in [0.2, 0.25) is 0 Å². The van der Waals surface area contributed by atoms with Gasteiger partial charge >= 0.3 is 0 Å². The van der Waals surface area contributed by atoms with Crippen LogP contribution in [0.15, 0.2) is 18.2 Å². The highest BCUT2D eigenvalue weighted by molar-refractivity contribution is 5.48. The highest BCUT2D eigenvalue weighted by atomic mass is 16.6. The molecule has 0 fully saturated rings. The first-order chi connectivity index (χ1) is 6.04. The molecular formula is C9H12N2O2. The van der Waals surface area contributed by atoms with Crippen LogP contribution in [-0.2, 0) is 0 Å². The van der Waals surface area contributed by atoms with Gasteiger partial charge in [0, 0.05) is 17.2 Å². The van der Waals surface area contributed by atoms with Crippen LogP contribution in [0.4, 0.5) is 5.69 Å². The van der Waals surface area contributed by atoms with Gasteiger partial charge < -0.3 is 5.73 Å². The molecule has 2 N–H and O–H groups in total. The van der Waals surface area contributed by atoms with Gasteiger partial charge in [0.1, 0.15) is 0 Å². The monoisotopic (exact) mass is 180 g/mol. The average molecular weight is 180 g/mol. The zero-order valence-electron chi connectivity index (χ0n) is 7.65. The second-order valence-corrected chi connectivity index (χ2v) is 3.06. The number of nitrogens with zero attached hydrogens (tertiary/aromatic N) is 1. The Balaban J connectivity index is 3.34. The molecule has 1 aromatic carbocycles. The summed E-state index contributed by atoms with van der Waals surface area (Å²) >= 11 is 0. The SMILES string of the molecule is Cc1cccc([C@@H](C)N)c1[N+](=O)[O-]. The molecule has 0 amide bonds. The number of nitrogens with two attached hydrogens (primary N) is 1. The first-order valence-corrected chi connectivity index (χ1v) is 4.03. The molecule has 0 saturated heterocycles. The van der Waals surface area contributed by atoms with Crippen LogP contribution >= 0.6 is 0 Å². The number of rotatable bonds is 2. The highest BCUT2D eigenvalue weighted by Gasteiger charge is 2.18. The molecule has 1 atom stereocenters. The van der Waals surface area contributed by atoms with Crippen molar-refractivity contribution in [2.24, 2.45) is 5.73 Å². The number of hydrogen-bond donors (Lipinski definition) is 1. The maximum Gasteiger partial charge on any atom is 0.277 e. The number of nitro benzene ring substituents is 1. The van der Waals surface area contributed by atoms with Crippen molar-refractivity contribution >= 4 is 5.69 Å². The van der Waals surface area contributed by atoms with Crippen molar-refractivity contribution in [1.29, 1.82) is 0 Å². The Morgan fingerprint density at radius 3 is 2.54 bits per heavy atom. The molecule has 0 unspecified atom stereocenters. The predicted molar refractivity (Wildman–Crippen MR) is 50.4 cm³/mol. The van der Waals surface area contributed by atoms with E-state index in [0.29, 0.717) is 11.1 Å². The van der Waals surface area contributed by atoms with Gasteiger partial charge in [-0.1, -0.05) is 18.2 Å². The molecule has 0 spiro atoms. The summed E-state index contributed by atoms with van der Waals surface area (Å²) in [6.07, 6.45) is 0. The zero-order valence-corrected chi connectivity index (χ0v) is 7.65. The van der Waals surface area contributed by atoms with E-state index in [2.05, 4.69) is 0 Å². The molecule has 70 valence electrons. The molecule has 4 nitrogen and oxygen atoms in total. The molecule has 13 heavy (non-hydrogen) atoms. The van der Waals surface area contributed by atoms with Crippen molar-refractivity contribution < 1.29 is 4.92 Å². The van der Waals surface area contributed by atoms with Crippen LogP contribution in [0, 0.1) is 17.0 Å². The van der Waals surface area contributed by atoms with Crippen molar-refractivity contribution in [3.05, 3.63) is 39.4 Å². The third-order valence-corrected chi connectivity index (χ3v) is 1.94. The second-order valence-electron chi connectivity index (χ2n) is 3.06. The molecule has 0 aliphatic carbocycles. The van der Waals surface area contributed by atoms with Crippen LogP contribution in [0.2, 0.25) is 0 Å². The van der Waals surface area contributed by atoms with E-state index in [1.165, 1.54) is 0 Å². The van der Waals surface area contributed by atoms with Gasteiger partial charge in [0.15, 0.2) is 0 Å². The van der Waals surface area contributed by atoms with Crippen molar-refractivity contribution in [3.8, 4) is 0 Å². The Bertz CT molecular complexity index is 334. The smallest absolute Gasteiger partial charge is 0.277 e. The normalized spacial score (nSPS) is 12.5. The standard InChI is InChI=1S/C9H12N2O2/c1-6-4-3-5-8(7(2)10)9(6)11(12)13/h3-5,7H,10H2,1-2H3/t7-/m1/s1. The van der Waals surface area contributed by atoms with Crippen LogP contribution in [-0.4, -0.2) is 4.92 Å². The first-order valence-electron chi connectivity index (χ1n) is 4.03. The quantitative estimate of drug-likeness (QED) is 0.558. The van der Waals surface area contributed by atoms with E-state index in [4.69, 9.17) is 5.73 Å². The van der Waals surface area contributed by atoms with Crippen molar-refractivity contribution in [1.82, 2.24) is 0 Å². The topological polar surface area (TPSA) is 69.2 Å². The number of benzene rings is 1. The van der Waals surface area contributed by atoms with E-state index in [1.807, 2.05) is 0 Å². The molecule has 4 heteroatoms. The summed E-state index contributed by atoms with van der Waals surface area (Å²) < 4.78 is 0. The lowest BCUT2D eigenvalue weighted by atomic mass is 10.0. The Labute approximate surface area is 76.5 Å². The van der Waals surface area contributed by atoms with Crippen LogP contribution in [0.3, 0.4) is 0 Å². The van der Waals surface area contributed by atoms with Crippen LogP contribution in [0.25, 0.3) is 0 Å². The van der Waals surface area contributed by atoms with Crippen molar-refractivity contribution in [3.63, 3.8) is 0 Å². The maximum absolute atomic E-state index is 10.7. The molecule has 0 aliphatic heterocycles. The minimum atomic E-state index is -0.381. The average Bonchev–Trinajstić information content (AvgIpc) is 2.02. The lowest BCUT2D eigenvalue weighted by Crippen LogP contribution is -2.08. The van der Waals surface area contributed by atoms with Gasteiger partial charge in [0.25, 0.3) is 5.69 Å². The molecule has 0 saturated carbocycles. The predicted octanol–water partition coefficient (Wildman–Crippen LogP) is 1.92. The van der Waals surface area contributed by atoms with Gasteiger partial charge in [-0.2, -0.15) is 0 Å². The fraction of sp³-hybridized carbons (Fsp3) is 0.333. The summed E-state index contributed by atoms with van der Waals surface area (Å²) in [4.78, 5) is 10.3. The Morgan fingerprint density at radius 1 is 1.54 bits per heavy atom. The van der Waals surface area contributed by atoms with Gasteiger partial charge in [-0.3, -0.25) is 10.1 Å². The fourth-order valence-electron chi connectivity index (χ4n) is 1.30. The number of aryl methyl sites for hydroxylation is 1. The van der Waals surface area contributed by atoms with E-state index >= 15 is 0 Å². The maximum atomic E-state index is 10.7. The minimum absolute atomic E-state index is 0.137. The molecule has 0 heterocycles.